The summed E-state index contributed by atoms with van der Waals surface area (Å²) >= 11 is 1.03. The standard InChI is InChI=1S/C14H12F3N3O3S/c1-8-6-11(21)20-13(18-8)24-7-12(22)19-9-2-4-10(5-3-9)23-14(15,16)17/h2-6H,7H2,1H3,(H,19,22)(H,18,20,21). The third-order valence-electron chi connectivity index (χ3n) is 2.56. The van der Waals surface area contributed by atoms with Gasteiger partial charge >= 0.3 is 6.36 Å². The zero-order valence-electron chi connectivity index (χ0n) is 12.3. The van der Waals surface area contributed by atoms with Crippen LogP contribution in [0.3, 0.4) is 0 Å². The molecule has 0 aliphatic heterocycles. The van der Waals surface area contributed by atoms with Crippen molar-refractivity contribution in [2.75, 3.05) is 11.1 Å². The second kappa shape index (κ2) is 7.39. The summed E-state index contributed by atoms with van der Waals surface area (Å²) < 4.78 is 39.9. The van der Waals surface area contributed by atoms with Crippen molar-refractivity contribution in [1.82, 2.24) is 9.97 Å². The maximum Gasteiger partial charge on any atom is 0.573 e. The van der Waals surface area contributed by atoms with E-state index in [1.807, 2.05) is 0 Å². The number of aromatic amines is 1. The highest BCUT2D eigenvalue weighted by Crippen LogP contribution is 2.24. The predicted molar refractivity (Wildman–Crippen MR) is 82.1 cm³/mol. The number of carbonyl (C=O) groups excluding carboxylic acids is 1. The van der Waals surface area contributed by atoms with Gasteiger partial charge < -0.3 is 15.0 Å². The molecule has 10 heteroatoms. The number of aryl methyl sites for hydroxylation is 1. The van der Waals surface area contributed by atoms with Crippen LogP contribution in [-0.2, 0) is 4.79 Å². The number of hydrogen-bond acceptors (Lipinski definition) is 5. The Balaban J connectivity index is 1.89. The van der Waals surface area contributed by atoms with E-state index in [1.165, 1.54) is 18.2 Å². The highest BCUT2D eigenvalue weighted by Gasteiger charge is 2.30. The third-order valence-corrected chi connectivity index (χ3v) is 3.43. The first-order chi connectivity index (χ1) is 11.2. The van der Waals surface area contributed by atoms with Crippen LogP contribution in [0.2, 0.25) is 0 Å². The van der Waals surface area contributed by atoms with Crippen molar-refractivity contribution < 1.29 is 22.7 Å². The Kier molecular flexibility index (Phi) is 5.50. The van der Waals surface area contributed by atoms with Crippen molar-refractivity contribution in [2.24, 2.45) is 0 Å². The van der Waals surface area contributed by atoms with E-state index in [0.29, 0.717) is 16.5 Å². The van der Waals surface area contributed by atoms with E-state index >= 15 is 0 Å². The molecular weight excluding hydrogens is 347 g/mol. The number of nitrogens with zero attached hydrogens (tertiary/aromatic N) is 1. The number of rotatable bonds is 5. The average molecular weight is 359 g/mol. The van der Waals surface area contributed by atoms with E-state index in [0.717, 1.165) is 23.9 Å². The van der Waals surface area contributed by atoms with Gasteiger partial charge in [0.05, 0.1) is 5.75 Å². The Morgan fingerprint density at radius 1 is 1.33 bits per heavy atom. The first-order valence-electron chi connectivity index (χ1n) is 6.58. The highest BCUT2D eigenvalue weighted by atomic mass is 32.2. The molecule has 0 aliphatic rings. The molecule has 1 aromatic heterocycles. The van der Waals surface area contributed by atoms with E-state index in [1.54, 1.807) is 6.92 Å². The van der Waals surface area contributed by atoms with Crippen LogP contribution in [0.5, 0.6) is 5.75 Å². The molecule has 0 aliphatic carbocycles. The van der Waals surface area contributed by atoms with Gasteiger partial charge in [0, 0.05) is 17.4 Å². The number of alkyl halides is 3. The van der Waals surface area contributed by atoms with Crippen LogP contribution in [0.25, 0.3) is 0 Å². The molecule has 0 fully saturated rings. The topological polar surface area (TPSA) is 84.1 Å². The monoisotopic (exact) mass is 359 g/mol. The van der Waals surface area contributed by atoms with E-state index in [4.69, 9.17) is 0 Å². The second-order valence-electron chi connectivity index (χ2n) is 4.60. The lowest BCUT2D eigenvalue weighted by Crippen LogP contribution is -2.17. The number of H-pyrrole nitrogens is 1. The highest BCUT2D eigenvalue weighted by molar-refractivity contribution is 7.99. The van der Waals surface area contributed by atoms with Gasteiger partial charge in [-0.1, -0.05) is 11.8 Å². The van der Waals surface area contributed by atoms with Crippen molar-refractivity contribution in [1.29, 1.82) is 0 Å². The van der Waals surface area contributed by atoms with Crippen molar-refractivity contribution in [3.63, 3.8) is 0 Å². The van der Waals surface area contributed by atoms with Crippen molar-refractivity contribution >= 4 is 23.4 Å². The van der Waals surface area contributed by atoms with Gasteiger partial charge in [-0.25, -0.2) is 4.98 Å². The van der Waals surface area contributed by atoms with Gasteiger partial charge in [0.25, 0.3) is 5.56 Å². The summed E-state index contributed by atoms with van der Waals surface area (Å²) in [6.07, 6.45) is -4.76. The molecule has 0 unspecified atom stereocenters. The zero-order chi connectivity index (χ0) is 17.7. The molecule has 0 saturated heterocycles. The van der Waals surface area contributed by atoms with Gasteiger partial charge in [-0.2, -0.15) is 0 Å². The molecule has 1 amide bonds. The normalized spacial score (nSPS) is 11.2. The minimum absolute atomic E-state index is 0.0206. The number of amides is 1. The first kappa shape index (κ1) is 17.9. The number of hydrogen-bond donors (Lipinski definition) is 2. The molecule has 2 aromatic rings. The number of thioether (sulfide) groups is 1. The molecule has 0 saturated carbocycles. The molecule has 2 rings (SSSR count). The van der Waals surface area contributed by atoms with Crippen LogP contribution in [-0.4, -0.2) is 28.0 Å². The fourth-order valence-corrected chi connectivity index (χ4v) is 2.41. The summed E-state index contributed by atoms with van der Waals surface area (Å²) in [6, 6.07) is 6.09. The molecule has 0 radical (unpaired) electrons. The third kappa shape index (κ3) is 5.95. The lowest BCUT2D eigenvalue weighted by molar-refractivity contribution is -0.274. The Morgan fingerprint density at radius 2 is 2.00 bits per heavy atom. The maximum atomic E-state index is 12.0. The Bertz CT molecular complexity index is 775. The minimum Gasteiger partial charge on any atom is -0.406 e. The molecule has 6 nitrogen and oxygen atoms in total. The molecule has 0 bridgehead atoms. The minimum atomic E-state index is -4.76. The second-order valence-corrected chi connectivity index (χ2v) is 5.57. The molecule has 0 atom stereocenters. The number of anilines is 1. The summed E-state index contributed by atoms with van der Waals surface area (Å²) in [6.45, 7) is 1.66. The molecule has 0 spiro atoms. The predicted octanol–water partition coefficient (Wildman–Crippen LogP) is 2.71. The number of halogens is 3. The van der Waals surface area contributed by atoms with Crippen molar-refractivity contribution in [3.05, 3.63) is 46.4 Å². The molecule has 128 valence electrons. The van der Waals surface area contributed by atoms with Crippen LogP contribution >= 0.6 is 11.8 Å². The summed E-state index contributed by atoms with van der Waals surface area (Å²) in [5, 5.41) is 2.82. The fraction of sp³-hybridized carbons (Fsp3) is 0.214. The SMILES string of the molecule is Cc1cc(=O)[nH]c(SCC(=O)Nc2ccc(OC(F)(F)F)cc2)n1. The van der Waals surface area contributed by atoms with Crippen molar-refractivity contribution in [3.8, 4) is 5.75 Å². The summed E-state index contributed by atoms with van der Waals surface area (Å²) in [5.41, 5.74) is 0.536. The Hall–Kier alpha value is -2.49. The van der Waals surface area contributed by atoms with Crippen LogP contribution in [0.4, 0.5) is 18.9 Å². The number of benzene rings is 1. The number of carbonyl (C=O) groups is 1. The average Bonchev–Trinajstić information content (AvgIpc) is 2.45. The number of ether oxygens (including phenoxy) is 1. The van der Waals surface area contributed by atoms with Crippen molar-refractivity contribution in [2.45, 2.75) is 18.4 Å². The maximum absolute atomic E-state index is 12.0. The van der Waals surface area contributed by atoms with Crippen LogP contribution < -0.4 is 15.6 Å². The lowest BCUT2D eigenvalue weighted by atomic mass is 10.3. The van der Waals surface area contributed by atoms with Gasteiger partial charge in [-0.15, -0.1) is 13.2 Å². The van der Waals surface area contributed by atoms with Gasteiger partial charge in [0.2, 0.25) is 5.91 Å². The lowest BCUT2D eigenvalue weighted by Gasteiger charge is -2.09. The fourth-order valence-electron chi connectivity index (χ4n) is 1.69. The Labute approximate surface area is 138 Å². The Morgan fingerprint density at radius 3 is 2.58 bits per heavy atom. The van der Waals surface area contributed by atoms with Gasteiger partial charge in [0.1, 0.15) is 5.75 Å². The number of nitrogens with one attached hydrogen (secondary N) is 2. The molecular formula is C14H12F3N3O3S. The van der Waals surface area contributed by atoms with Crippen LogP contribution in [0.15, 0.2) is 40.3 Å². The van der Waals surface area contributed by atoms with Crippen LogP contribution in [0.1, 0.15) is 5.69 Å². The molecule has 2 N–H and O–H groups in total. The largest absolute Gasteiger partial charge is 0.573 e. The number of aromatic nitrogens is 2. The molecule has 1 aromatic carbocycles. The molecule has 1 heterocycles. The van der Waals surface area contributed by atoms with E-state index in [2.05, 4.69) is 20.0 Å². The summed E-state index contributed by atoms with van der Waals surface area (Å²) in [4.78, 5) is 29.6. The van der Waals surface area contributed by atoms with E-state index in [9.17, 15) is 22.8 Å². The van der Waals surface area contributed by atoms with Gasteiger partial charge in [-0.3, -0.25) is 9.59 Å². The smallest absolute Gasteiger partial charge is 0.406 e. The van der Waals surface area contributed by atoms with Gasteiger partial charge in [-0.05, 0) is 31.2 Å². The van der Waals surface area contributed by atoms with Crippen LogP contribution in [0, 0.1) is 6.92 Å². The summed E-state index contributed by atoms with van der Waals surface area (Å²) in [5.74, 6) is -0.794. The summed E-state index contributed by atoms with van der Waals surface area (Å²) in [7, 11) is 0. The molecule has 24 heavy (non-hydrogen) atoms. The van der Waals surface area contributed by atoms with E-state index in [-0.39, 0.29) is 17.1 Å². The van der Waals surface area contributed by atoms with E-state index < -0.39 is 12.3 Å². The zero-order valence-corrected chi connectivity index (χ0v) is 13.1. The van der Waals surface area contributed by atoms with Gasteiger partial charge in [0.15, 0.2) is 5.16 Å². The quantitative estimate of drug-likeness (QED) is 0.633. The first-order valence-corrected chi connectivity index (χ1v) is 7.56.